The predicted octanol–water partition coefficient (Wildman–Crippen LogP) is 2.83. The molecular weight excluding hydrogens is 492 g/mol. The third-order valence-corrected chi connectivity index (χ3v) is 9.37. The van der Waals surface area contributed by atoms with Gasteiger partial charge in [0.1, 0.15) is 11.7 Å². The maximum absolute atomic E-state index is 13.4. The fourth-order valence-electron chi connectivity index (χ4n) is 7.56. The Bertz CT molecular complexity index is 1470. The number of aromatic nitrogens is 2. The summed E-state index contributed by atoms with van der Waals surface area (Å²) in [4.78, 5) is 23.1. The molecule has 4 N–H and O–H groups in total. The number of carbonyl (C=O) groups is 1. The van der Waals surface area contributed by atoms with Crippen LogP contribution in [0.3, 0.4) is 0 Å². The number of nitrogens with zero attached hydrogens (tertiary/aromatic N) is 2. The van der Waals surface area contributed by atoms with Crippen LogP contribution in [-0.2, 0) is 11.8 Å². The summed E-state index contributed by atoms with van der Waals surface area (Å²) in [6.07, 6.45) is 12.3. The molecule has 1 amide bonds. The summed E-state index contributed by atoms with van der Waals surface area (Å²) in [5, 5.41) is 27.2. The Morgan fingerprint density at radius 3 is 3.00 bits per heavy atom. The van der Waals surface area contributed by atoms with Gasteiger partial charge in [0.25, 0.3) is 5.91 Å². The quantitative estimate of drug-likeness (QED) is 0.394. The van der Waals surface area contributed by atoms with Crippen molar-refractivity contribution in [1.29, 1.82) is 0 Å². The van der Waals surface area contributed by atoms with Gasteiger partial charge in [0.15, 0.2) is 11.5 Å². The maximum atomic E-state index is 13.4. The minimum atomic E-state index is -1.13. The number of fused-ring (bicyclic) bond motifs is 1. The molecule has 8 nitrogen and oxygen atoms in total. The Morgan fingerprint density at radius 2 is 2.16 bits per heavy atom. The number of phenols is 1. The number of nitrogens with one attached hydrogen (secondary N) is 2. The first-order chi connectivity index (χ1) is 17.5. The first kappa shape index (κ1) is 23.1. The van der Waals surface area contributed by atoms with E-state index in [4.69, 9.17) is 4.74 Å². The number of phenolic OH excluding ortho intramolecular Hbond substituents is 1. The average Bonchev–Trinajstić information content (AvgIpc) is 3.46. The molecule has 4 heterocycles. The summed E-state index contributed by atoms with van der Waals surface area (Å²) >= 11 is 0. The average molecular weight is 521 g/mol. The smallest absolute Gasteiger partial charge is 0.254 e. The number of rotatable bonds is 4. The number of hydrogen-bond acceptors (Lipinski definition) is 6. The van der Waals surface area contributed by atoms with E-state index in [1.54, 1.807) is 24.7 Å². The number of H-pyrrole nitrogens is 1. The lowest BCUT2D eigenvalue weighted by Gasteiger charge is -2.62. The predicted molar refractivity (Wildman–Crippen MR) is 139 cm³/mol. The van der Waals surface area contributed by atoms with Gasteiger partial charge >= 0.3 is 0 Å². The van der Waals surface area contributed by atoms with Crippen molar-refractivity contribution in [2.45, 2.75) is 54.9 Å². The topological polar surface area (TPSA) is 111 Å². The van der Waals surface area contributed by atoms with Crippen LogP contribution in [0.1, 0.15) is 40.7 Å². The van der Waals surface area contributed by atoms with E-state index < -0.39 is 23.2 Å². The third-order valence-electron chi connectivity index (χ3n) is 9.37. The number of piperidine rings is 1. The van der Waals surface area contributed by atoms with Gasteiger partial charge in [0.05, 0.1) is 28.7 Å². The van der Waals surface area contributed by atoms with Crippen LogP contribution in [0.2, 0.25) is 0 Å². The fourth-order valence-corrected chi connectivity index (χ4v) is 7.56. The summed E-state index contributed by atoms with van der Waals surface area (Å²) in [5.41, 5.74) is 1.54. The van der Waals surface area contributed by atoms with Crippen LogP contribution in [0.4, 0.5) is 0 Å². The van der Waals surface area contributed by atoms with Crippen LogP contribution in [0.15, 0.2) is 48.9 Å². The Labute approximate surface area is 220 Å². The lowest BCUT2D eigenvalue weighted by molar-refractivity contribution is -0.144. The van der Waals surface area contributed by atoms with E-state index >= 15 is 0 Å². The standard InChI is InChI=1S/C28H28N4O4.ClH/c33-21-4-3-16-11-22-28(35)7-5-19(31-26(34)18-12-30-20-13-29-9-6-17(18)20)25-27(28,23(16)24(21)36-25)8-10-32(22)14-15-1-2-15;/h3-7,9,12-13,15,19,22,25,30,33,35H,1-2,8,10-11,14H2,(H,31,34);1H/t19-,22-,25+,27+,28-;/m1./s1. The van der Waals surface area contributed by atoms with E-state index in [2.05, 4.69) is 20.2 Å². The van der Waals surface area contributed by atoms with Crippen LogP contribution >= 0.6 is 12.4 Å². The zero-order valence-electron chi connectivity index (χ0n) is 20.2. The van der Waals surface area contributed by atoms with Crippen molar-refractivity contribution in [3.63, 3.8) is 0 Å². The Hall–Kier alpha value is -3.07. The number of ether oxygens (including phenoxy) is 1. The zero-order chi connectivity index (χ0) is 24.2. The van der Waals surface area contributed by atoms with Crippen LogP contribution in [0, 0.1) is 5.92 Å². The number of aromatic hydroxyl groups is 1. The molecule has 1 saturated carbocycles. The monoisotopic (exact) mass is 520 g/mol. The van der Waals surface area contributed by atoms with E-state index in [1.165, 1.54) is 12.8 Å². The molecule has 192 valence electrons. The summed E-state index contributed by atoms with van der Waals surface area (Å²) in [5.74, 6) is 1.06. The normalized spacial score (nSPS) is 32.9. The SMILES string of the molecule is Cl.O=C(N[C@@H]1C=C[C@@]2(O)[C@H]3Cc4ccc(O)c5c4[C@@]2(CCN3CC2CC2)[C@H]1O5)c1c[nH]c2cnccc12. The van der Waals surface area contributed by atoms with Gasteiger partial charge in [0, 0.05) is 35.9 Å². The van der Waals surface area contributed by atoms with Crippen molar-refractivity contribution in [2.75, 3.05) is 13.1 Å². The summed E-state index contributed by atoms with van der Waals surface area (Å²) < 4.78 is 6.51. The summed E-state index contributed by atoms with van der Waals surface area (Å²) in [7, 11) is 0. The minimum Gasteiger partial charge on any atom is -0.504 e. The van der Waals surface area contributed by atoms with Gasteiger partial charge < -0.3 is 25.3 Å². The fraction of sp³-hybridized carbons (Fsp3) is 0.429. The molecule has 5 aliphatic rings. The van der Waals surface area contributed by atoms with Crippen LogP contribution in [-0.4, -0.2) is 67.9 Å². The summed E-state index contributed by atoms with van der Waals surface area (Å²) in [6.45, 7) is 1.88. The molecule has 2 bridgehead atoms. The molecule has 2 aliphatic heterocycles. The zero-order valence-corrected chi connectivity index (χ0v) is 21.0. The molecule has 1 spiro atoms. The van der Waals surface area contributed by atoms with E-state index in [0.717, 1.165) is 41.0 Å². The first-order valence-corrected chi connectivity index (χ1v) is 12.9. The second kappa shape index (κ2) is 7.72. The number of likely N-dealkylation sites (tertiary alicyclic amines) is 1. The van der Waals surface area contributed by atoms with E-state index in [1.807, 2.05) is 24.3 Å². The second-order valence-electron chi connectivity index (χ2n) is 11.2. The van der Waals surface area contributed by atoms with Crippen molar-refractivity contribution < 1.29 is 19.7 Å². The van der Waals surface area contributed by atoms with Crippen molar-refractivity contribution in [3.8, 4) is 11.5 Å². The van der Waals surface area contributed by atoms with Gasteiger partial charge in [-0.3, -0.25) is 14.7 Å². The van der Waals surface area contributed by atoms with E-state index in [9.17, 15) is 15.0 Å². The highest BCUT2D eigenvalue weighted by molar-refractivity contribution is 6.06. The number of carbonyl (C=O) groups excluding carboxylic acids is 1. The highest BCUT2D eigenvalue weighted by Gasteiger charge is 2.72. The Balaban J connectivity index is 0.00000231. The highest BCUT2D eigenvalue weighted by atomic mass is 35.5. The highest BCUT2D eigenvalue weighted by Crippen LogP contribution is 2.64. The second-order valence-corrected chi connectivity index (χ2v) is 11.2. The van der Waals surface area contributed by atoms with Crippen molar-refractivity contribution in [3.05, 3.63) is 65.6 Å². The molecule has 2 fully saturated rings. The molecule has 2 aromatic heterocycles. The van der Waals surface area contributed by atoms with Crippen molar-refractivity contribution >= 4 is 29.2 Å². The molecule has 0 unspecified atom stereocenters. The van der Waals surface area contributed by atoms with Gasteiger partial charge in [-0.05, 0) is 55.8 Å². The van der Waals surface area contributed by atoms with Gasteiger partial charge in [-0.1, -0.05) is 18.2 Å². The Morgan fingerprint density at radius 1 is 1.30 bits per heavy atom. The number of hydrogen-bond donors (Lipinski definition) is 4. The largest absolute Gasteiger partial charge is 0.504 e. The van der Waals surface area contributed by atoms with Gasteiger partial charge in [-0.25, -0.2) is 0 Å². The molecule has 1 aromatic carbocycles. The number of amides is 1. The number of aromatic amines is 1. The molecule has 1 saturated heterocycles. The van der Waals surface area contributed by atoms with Crippen LogP contribution in [0.25, 0.3) is 10.9 Å². The molecule has 37 heavy (non-hydrogen) atoms. The number of aliphatic hydroxyl groups is 1. The lowest BCUT2D eigenvalue weighted by Crippen LogP contribution is -2.76. The first-order valence-electron chi connectivity index (χ1n) is 12.9. The summed E-state index contributed by atoms with van der Waals surface area (Å²) in [6, 6.07) is 4.99. The van der Waals surface area contributed by atoms with Crippen LogP contribution < -0.4 is 10.1 Å². The molecular formula is C28H29ClN4O4. The third kappa shape index (κ3) is 2.92. The molecule has 8 rings (SSSR count). The molecule has 3 aliphatic carbocycles. The molecule has 0 radical (unpaired) electrons. The Kier molecular flexibility index (Phi) is 4.82. The van der Waals surface area contributed by atoms with Crippen molar-refractivity contribution in [1.82, 2.24) is 20.2 Å². The number of pyridine rings is 1. The number of halogens is 1. The van der Waals surface area contributed by atoms with Gasteiger partial charge in [-0.2, -0.15) is 0 Å². The minimum absolute atomic E-state index is 0. The molecule has 5 atom stereocenters. The van der Waals surface area contributed by atoms with E-state index in [-0.39, 0.29) is 30.1 Å². The maximum Gasteiger partial charge on any atom is 0.254 e. The lowest BCUT2D eigenvalue weighted by atomic mass is 9.50. The van der Waals surface area contributed by atoms with Crippen LogP contribution in [0.5, 0.6) is 11.5 Å². The molecule has 9 heteroatoms. The van der Waals surface area contributed by atoms with Gasteiger partial charge in [-0.15, -0.1) is 12.4 Å². The molecule has 3 aromatic rings. The van der Waals surface area contributed by atoms with Gasteiger partial charge in [0.2, 0.25) is 0 Å². The number of benzene rings is 1. The van der Waals surface area contributed by atoms with Crippen molar-refractivity contribution in [2.24, 2.45) is 5.92 Å². The van der Waals surface area contributed by atoms with E-state index in [0.29, 0.717) is 24.2 Å².